The monoisotopic (exact) mass is 299 g/mol. The Labute approximate surface area is 108 Å². The van der Waals surface area contributed by atoms with E-state index >= 15 is 0 Å². The van der Waals surface area contributed by atoms with E-state index in [1.54, 1.807) is 20.0 Å². The van der Waals surface area contributed by atoms with Gasteiger partial charge >= 0.3 is 0 Å². The van der Waals surface area contributed by atoms with E-state index in [4.69, 9.17) is 4.43 Å². The minimum absolute atomic E-state index is 0.0270. The average molecular weight is 299 g/mol. The molecular weight excluding hydrogens is 285 g/mol. The number of halogens is 5. The van der Waals surface area contributed by atoms with Gasteiger partial charge in [-0.15, -0.1) is 0 Å². The minimum Gasteiger partial charge on any atom is -0.416 e. The second kappa shape index (κ2) is 5.87. The lowest BCUT2D eigenvalue weighted by atomic mass is 10.2. The van der Waals surface area contributed by atoms with Crippen molar-refractivity contribution < 1.29 is 26.4 Å². The van der Waals surface area contributed by atoms with Crippen molar-refractivity contribution in [2.24, 2.45) is 0 Å². The molecule has 0 fully saturated rings. The molecule has 0 atom stereocenters. The summed E-state index contributed by atoms with van der Waals surface area (Å²) in [6.07, 6.45) is 0.0270. The van der Waals surface area contributed by atoms with Crippen LogP contribution >= 0.6 is 0 Å². The average Bonchev–Trinajstić information content (AvgIpc) is 2.34. The van der Waals surface area contributed by atoms with Crippen molar-refractivity contribution in [3.63, 3.8) is 0 Å². The van der Waals surface area contributed by atoms with Gasteiger partial charge in [-0.1, -0.05) is 0 Å². The number of nitrogens with one attached hydrogen (secondary N) is 1. The molecule has 108 valence electrons. The summed E-state index contributed by atoms with van der Waals surface area (Å²) in [4.78, 5) is 0. The number of hydrogen-bond acceptors (Lipinski definition) is 2. The lowest BCUT2D eigenvalue weighted by molar-refractivity contribution is 0.331. The molecular formula is C11H14F5NOSi. The number of hydrogen-bond donors (Lipinski definition) is 1. The zero-order valence-corrected chi connectivity index (χ0v) is 11.7. The Bertz CT molecular complexity index is 452. The molecule has 0 saturated heterocycles. The molecule has 0 aliphatic heterocycles. The van der Waals surface area contributed by atoms with Gasteiger partial charge in [0.25, 0.3) is 0 Å². The molecule has 19 heavy (non-hydrogen) atoms. The highest BCUT2D eigenvalue weighted by molar-refractivity contribution is 6.71. The summed E-state index contributed by atoms with van der Waals surface area (Å²) in [5, 5.41) is 2.26. The van der Waals surface area contributed by atoms with E-state index in [1.807, 2.05) is 0 Å². The SMILES string of the molecule is CCO[Si](C)(C)CNc1c(F)c(F)c(F)c(F)c1F. The first-order valence-electron chi connectivity index (χ1n) is 5.60. The summed E-state index contributed by atoms with van der Waals surface area (Å²) in [6.45, 7) is 5.69. The Morgan fingerprint density at radius 3 is 1.74 bits per heavy atom. The van der Waals surface area contributed by atoms with E-state index in [0.717, 1.165) is 0 Å². The van der Waals surface area contributed by atoms with Crippen molar-refractivity contribution in [2.45, 2.75) is 20.0 Å². The van der Waals surface area contributed by atoms with Gasteiger partial charge in [0.1, 0.15) is 5.69 Å². The second-order valence-corrected chi connectivity index (χ2v) is 8.65. The number of rotatable bonds is 5. The Morgan fingerprint density at radius 1 is 0.895 bits per heavy atom. The third kappa shape index (κ3) is 3.44. The van der Waals surface area contributed by atoms with Gasteiger partial charge in [0.05, 0.1) is 0 Å². The highest BCUT2D eigenvalue weighted by Crippen LogP contribution is 2.27. The largest absolute Gasteiger partial charge is 0.416 e. The van der Waals surface area contributed by atoms with Crippen LogP contribution < -0.4 is 5.32 Å². The van der Waals surface area contributed by atoms with Gasteiger partial charge in [0.15, 0.2) is 23.3 Å². The van der Waals surface area contributed by atoms with Gasteiger partial charge in [-0.2, -0.15) is 0 Å². The van der Waals surface area contributed by atoms with E-state index in [9.17, 15) is 22.0 Å². The summed E-state index contributed by atoms with van der Waals surface area (Å²) in [6, 6.07) is 0. The van der Waals surface area contributed by atoms with Crippen LogP contribution in [0.1, 0.15) is 6.92 Å². The molecule has 0 aliphatic rings. The maximum atomic E-state index is 13.4. The fourth-order valence-corrected chi connectivity index (χ4v) is 2.99. The molecule has 0 unspecified atom stereocenters. The van der Waals surface area contributed by atoms with Crippen LogP contribution in [0.15, 0.2) is 0 Å². The van der Waals surface area contributed by atoms with Crippen molar-refractivity contribution in [1.29, 1.82) is 0 Å². The van der Waals surface area contributed by atoms with Crippen LogP contribution in [0, 0.1) is 29.1 Å². The normalized spacial score (nSPS) is 11.8. The van der Waals surface area contributed by atoms with Gasteiger partial charge < -0.3 is 9.74 Å². The predicted molar refractivity (Wildman–Crippen MR) is 63.8 cm³/mol. The smallest absolute Gasteiger partial charge is 0.205 e. The van der Waals surface area contributed by atoms with Gasteiger partial charge in [-0.25, -0.2) is 22.0 Å². The van der Waals surface area contributed by atoms with Crippen molar-refractivity contribution >= 4 is 14.0 Å². The molecule has 0 aliphatic carbocycles. The molecule has 1 rings (SSSR count). The molecule has 8 heteroatoms. The third-order valence-corrected chi connectivity index (χ3v) is 4.53. The van der Waals surface area contributed by atoms with E-state index in [2.05, 4.69) is 5.32 Å². The van der Waals surface area contributed by atoms with Gasteiger partial charge in [-0.05, 0) is 20.0 Å². The van der Waals surface area contributed by atoms with Gasteiger partial charge in [0, 0.05) is 12.8 Å². The minimum atomic E-state index is -2.26. The molecule has 1 N–H and O–H groups in total. The van der Waals surface area contributed by atoms with Crippen LogP contribution in [-0.4, -0.2) is 21.1 Å². The maximum Gasteiger partial charge on any atom is 0.205 e. The van der Waals surface area contributed by atoms with Crippen LogP contribution in [0.2, 0.25) is 13.1 Å². The van der Waals surface area contributed by atoms with Crippen LogP contribution in [0.4, 0.5) is 27.6 Å². The second-order valence-electron chi connectivity index (χ2n) is 4.49. The van der Waals surface area contributed by atoms with Crippen LogP contribution in [0.5, 0.6) is 0 Å². The highest BCUT2D eigenvalue weighted by atomic mass is 28.4. The summed E-state index contributed by atoms with van der Waals surface area (Å²) in [5.74, 6) is -9.81. The number of benzene rings is 1. The Kier molecular flexibility index (Phi) is 4.91. The number of anilines is 1. The molecule has 0 aromatic heterocycles. The standard InChI is InChI=1S/C11H14F5NOSi/c1-4-18-19(2,3)5-17-11-9(15)7(13)6(12)8(14)10(11)16/h17H,4-5H2,1-3H3. The first kappa shape index (κ1) is 15.9. The summed E-state index contributed by atoms with van der Waals surface area (Å²) >= 11 is 0. The van der Waals surface area contributed by atoms with E-state index in [0.29, 0.717) is 6.61 Å². The van der Waals surface area contributed by atoms with Gasteiger partial charge in [0.2, 0.25) is 14.1 Å². The molecule has 0 spiro atoms. The lowest BCUT2D eigenvalue weighted by Crippen LogP contribution is -2.39. The van der Waals surface area contributed by atoms with Crippen molar-refractivity contribution in [2.75, 3.05) is 18.1 Å². The maximum absolute atomic E-state index is 13.4. The van der Waals surface area contributed by atoms with Crippen LogP contribution in [0.3, 0.4) is 0 Å². The Hall–Kier alpha value is -1.15. The predicted octanol–water partition coefficient (Wildman–Crippen LogP) is 3.57. The van der Waals surface area contributed by atoms with Gasteiger partial charge in [-0.3, -0.25) is 0 Å². The van der Waals surface area contributed by atoms with E-state index in [1.165, 1.54) is 0 Å². The first-order chi connectivity index (χ1) is 8.71. The molecule has 2 nitrogen and oxygen atoms in total. The Balaban J connectivity index is 3.03. The molecule has 1 aromatic rings. The molecule has 0 heterocycles. The molecule has 1 aromatic carbocycles. The highest BCUT2D eigenvalue weighted by Gasteiger charge is 2.28. The first-order valence-corrected chi connectivity index (χ1v) is 8.72. The lowest BCUT2D eigenvalue weighted by Gasteiger charge is -2.23. The molecule has 0 radical (unpaired) electrons. The Morgan fingerprint density at radius 2 is 1.32 bits per heavy atom. The molecule has 0 bridgehead atoms. The van der Waals surface area contributed by atoms with Crippen molar-refractivity contribution in [3.8, 4) is 0 Å². The van der Waals surface area contributed by atoms with Crippen molar-refractivity contribution in [1.82, 2.24) is 0 Å². The van der Waals surface area contributed by atoms with E-state index in [-0.39, 0.29) is 6.17 Å². The molecule has 0 amide bonds. The van der Waals surface area contributed by atoms with Crippen molar-refractivity contribution in [3.05, 3.63) is 29.1 Å². The van der Waals surface area contributed by atoms with Crippen LogP contribution in [0.25, 0.3) is 0 Å². The zero-order chi connectivity index (χ0) is 14.8. The third-order valence-electron chi connectivity index (χ3n) is 2.44. The van der Waals surface area contributed by atoms with E-state index < -0.39 is 43.1 Å². The van der Waals surface area contributed by atoms with Crippen LogP contribution in [-0.2, 0) is 4.43 Å². The zero-order valence-electron chi connectivity index (χ0n) is 10.7. The topological polar surface area (TPSA) is 21.3 Å². The summed E-state index contributed by atoms with van der Waals surface area (Å²) < 4.78 is 70.8. The summed E-state index contributed by atoms with van der Waals surface area (Å²) in [7, 11) is -2.26. The molecule has 0 saturated carbocycles. The fraction of sp³-hybridized carbons (Fsp3) is 0.455. The summed E-state index contributed by atoms with van der Waals surface area (Å²) in [5.41, 5.74) is -1.02. The quantitative estimate of drug-likeness (QED) is 0.388. The fourth-order valence-electron chi connectivity index (χ4n) is 1.50.